The van der Waals surface area contributed by atoms with E-state index in [9.17, 15) is 9.59 Å². The van der Waals surface area contributed by atoms with E-state index in [2.05, 4.69) is 10.6 Å². The molecule has 0 spiro atoms. The number of piperazine rings is 1. The summed E-state index contributed by atoms with van der Waals surface area (Å²) in [5, 5.41) is 5.06. The molecular weight excluding hydrogens is 132 g/mol. The molecule has 0 radical (unpaired) electrons. The Bertz CT molecular complexity index is 159. The molecule has 56 valence electrons. The lowest BCUT2D eigenvalue weighted by Crippen LogP contribution is -2.59. The maximum atomic E-state index is 10.6. The molecule has 1 heterocycles. The van der Waals surface area contributed by atoms with Crippen molar-refractivity contribution in [3.63, 3.8) is 0 Å². The fraction of sp³-hybridized carbons (Fsp3) is 0.667. The number of nitrogens with one attached hydrogen (secondary N) is 2. The van der Waals surface area contributed by atoms with E-state index in [4.69, 9.17) is 0 Å². The van der Waals surface area contributed by atoms with E-state index in [-0.39, 0.29) is 12.1 Å². The van der Waals surface area contributed by atoms with Gasteiger partial charge in [-0.15, -0.1) is 0 Å². The molecule has 1 aliphatic rings. The average Bonchev–Trinajstić information content (AvgIpc) is 1.84. The van der Waals surface area contributed by atoms with Gasteiger partial charge in [-0.3, -0.25) is 9.59 Å². The van der Waals surface area contributed by atoms with Crippen LogP contribution in [0.25, 0.3) is 0 Å². The molecule has 0 unspecified atom stereocenters. The van der Waals surface area contributed by atoms with Gasteiger partial charge < -0.3 is 10.6 Å². The molecule has 1 rings (SSSR count). The Morgan fingerprint density at radius 3 is 1.60 bits per heavy atom. The van der Waals surface area contributed by atoms with E-state index in [1.807, 2.05) is 13.8 Å². The van der Waals surface area contributed by atoms with Crippen LogP contribution < -0.4 is 10.6 Å². The molecule has 0 aliphatic carbocycles. The first-order chi connectivity index (χ1) is 4.61. The van der Waals surface area contributed by atoms with Crippen molar-refractivity contribution in [2.75, 3.05) is 0 Å². The molecule has 4 heteroatoms. The van der Waals surface area contributed by atoms with Crippen molar-refractivity contribution in [3.8, 4) is 0 Å². The number of rotatable bonds is 0. The average molecular weight is 142 g/mol. The van der Waals surface area contributed by atoms with Crippen LogP contribution in [0.2, 0.25) is 0 Å². The second-order valence-electron chi connectivity index (χ2n) is 2.52. The van der Waals surface area contributed by atoms with Gasteiger partial charge >= 0.3 is 11.8 Å². The summed E-state index contributed by atoms with van der Waals surface area (Å²) in [4.78, 5) is 21.3. The highest BCUT2D eigenvalue weighted by Gasteiger charge is 2.27. The molecule has 0 saturated carbocycles. The van der Waals surface area contributed by atoms with Gasteiger partial charge in [0, 0.05) is 12.1 Å². The molecule has 4 nitrogen and oxygen atoms in total. The Morgan fingerprint density at radius 2 is 1.30 bits per heavy atom. The number of carbonyl (C=O) groups excluding carboxylic acids is 2. The van der Waals surface area contributed by atoms with Crippen LogP contribution in [0.1, 0.15) is 13.8 Å². The molecular formula is C6H10N2O2. The molecule has 0 aromatic heterocycles. The normalized spacial score (nSPS) is 33.0. The van der Waals surface area contributed by atoms with Crippen molar-refractivity contribution < 1.29 is 9.59 Å². The molecule has 0 aromatic rings. The summed E-state index contributed by atoms with van der Waals surface area (Å²) in [5.41, 5.74) is 0. The highest BCUT2D eigenvalue weighted by Crippen LogP contribution is 1.96. The topological polar surface area (TPSA) is 58.2 Å². The van der Waals surface area contributed by atoms with Gasteiger partial charge in [0.05, 0.1) is 0 Å². The quantitative estimate of drug-likeness (QED) is 0.427. The van der Waals surface area contributed by atoms with Gasteiger partial charge in [0.1, 0.15) is 0 Å². The van der Waals surface area contributed by atoms with Crippen LogP contribution >= 0.6 is 0 Å². The number of hydrogen-bond donors (Lipinski definition) is 2. The van der Waals surface area contributed by atoms with Gasteiger partial charge in [0.15, 0.2) is 0 Å². The molecule has 1 saturated heterocycles. The first-order valence-corrected chi connectivity index (χ1v) is 3.22. The number of amides is 2. The zero-order valence-electron chi connectivity index (χ0n) is 5.97. The Kier molecular flexibility index (Phi) is 1.61. The first kappa shape index (κ1) is 7.05. The Labute approximate surface area is 59.0 Å². The van der Waals surface area contributed by atoms with Crippen LogP contribution in [0, 0.1) is 0 Å². The maximum absolute atomic E-state index is 10.6. The third-order valence-electron chi connectivity index (χ3n) is 1.67. The second-order valence-corrected chi connectivity index (χ2v) is 2.52. The zero-order valence-corrected chi connectivity index (χ0v) is 5.97. The Hall–Kier alpha value is -1.06. The summed E-state index contributed by atoms with van der Waals surface area (Å²) in [5.74, 6) is -1.07. The van der Waals surface area contributed by atoms with E-state index in [1.165, 1.54) is 0 Å². The summed E-state index contributed by atoms with van der Waals surface area (Å²) in [6.07, 6.45) is 0. The van der Waals surface area contributed by atoms with E-state index in [0.717, 1.165) is 0 Å². The molecule has 1 fully saturated rings. The fourth-order valence-corrected chi connectivity index (χ4v) is 0.795. The van der Waals surface area contributed by atoms with E-state index in [0.29, 0.717) is 0 Å². The third kappa shape index (κ3) is 1.10. The fourth-order valence-electron chi connectivity index (χ4n) is 0.795. The van der Waals surface area contributed by atoms with Gasteiger partial charge in [0.25, 0.3) is 0 Å². The van der Waals surface area contributed by atoms with E-state index in [1.54, 1.807) is 0 Å². The Balaban J connectivity index is 2.63. The maximum Gasteiger partial charge on any atom is 0.309 e. The van der Waals surface area contributed by atoms with Gasteiger partial charge in [-0.05, 0) is 13.8 Å². The molecule has 2 atom stereocenters. The highest BCUT2D eigenvalue weighted by atomic mass is 16.2. The number of hydrogen-bond acceptors (Lipinski definition) is 2. The molecule has 2 amide bonds. The van der Waals surface area contributed by atoms with Crippen LogP contribution in [-0.4, -0.2) is 23.9 Å². The summed E-state index contributed by atoms with van der Waals surface area (Å²) in [6, 6.07) is 0.0652. The lowest BCUT2D eigenvalue weighted by Gasteiger charge is -2.26. The Morgan fingerprint density at radius 1 is 1.00 bits per heavy atom. The van der Waals surface area contributed by atoms with Gasteiger partial charge in [-0.25, -0.2) is 0 Å². The van der Waals surface area contributed by atoms with Gasteiger partial charge in [-0.2, -0.15) is 0 Å². The van der Waals surface area contributed by atoms with E-state index >= 15 is 0 Å². The predicted octanol–water partition coefficient (Wildman–Crippen LogP) is -0.991. The summed E-state index contributed by atoms with van der Waals surface area (Å²) >= 11 is 0. The molecule has 10 heavy (non-hydrogen) atoms. The van der Waals surface area contributed by atoms with Crippen LogP contribution in [0.15, 0.2) is 0 Å². The highest BCUT2D eigenvalue weighted by molar-refractivity contribution is 6.35. The van der Waals surface area contributed by atoms with Gasteiger partial charge in [-0.1, -0.05) is 0 Å². The van der Waals surface area contributed by atoms with E-state index < -0.39 is 11.8 Å². The van der Waals surface area contributed by atoms with Crippen LogP contribution in [-0.2, 0) is 9.59 Å². The van der Waals surface area contributed by atoms with Gasteiger partial charge in [0.2, 0.25) is 0 Å². The van der Waals surface area contributed by atoms with Crippen molar-refractivity contribution in [2.45, 2.75) is 25.9 Å². The van der Waals surface area contributed by atoms with Crippen molar-refractivity contribution in [2.24, 2.45) is 0 Å². The van der Waals surface area contributed by atoms with Crippen molar-refractivity contribution in [1.82, 2.24) is 10.6 Å². The van der Waals surface area contributed by atoms with Crippen LogP contribution in [0.5, 0.6) is 0 Å². The van der Waals surface area contributed by atoms with Crippen LogP contribution in [0.3, 0.4) is 0 Å². The molecule has 1 aliphatic heterocycles. The lowest BCUT2D eigenvalue weighted by atomic mass is 10.1. The largest absolute Gasteiger partial charge is 0.343 e. The minimum atomic E-state index is -0.536. The second kappa shape index (κ2) is 2.28. The third-order valence-corrected chi connectivity index (χ3v) is 1.67. The molecule has 2 N–H and O–H groups in total. The summed E-state index contributed by atoms with van der Waals surface area (Å²) in [6.45, 7) is 3.70. The predicted molar refractivity (Wildman–Crippen MR) is 35.2 cm³/mol. The standard InChI is InChI=1S/C6H10N2O2/c1-3-4(2)8-6(10)5(9)7-3/h3-4H,1-2H3,(H,7,9)(H,8,10)/t3-,4-/m0/s1. The summed E-state index contributed by atoms with van der Waals surface area (Å²) < 4.78 is 0. The zero-order chi connectivity index (χ0) is 7.72. The summed E-state index contributed by atoms with van der Waals surface area (Å²) in [7, 11) is 0. The lowest BCUT2D eigenvalue weighted by molar-refractivity contribution is -0.142. The van der Waals surface area contributed by atoms with Crippen molar-refractivity contribution in [1.29, 1.82) is 0 Å². The van der Waals surface area contributed by atoms with Crippen molar-refractivity contribution >= 4 is 11.8 Å². The molecule has 0 aromatic carbocycles. The minimum Gasteiger partial charge on any atom is -0.343 e. The monoisotopic (exact) mass is 142 g/mol. The first-order valence-electron chi connectivity index (χ1n) is 3.22. The van der Waals surface area contributed by atoms with Crippen molar-refractivity contribution in [3.05, 3.63) is 0 Å². The van der Waals surface area contributed by atoms with Crippen LogP contribution in [0.4, 0.5) is 0 Å². The number of carbonyl (C=O) groups is 2. The SMILES string of the molecule is C[C@@H]1NC(=O)C(=O)N[C@H]1C. The smallest absolute Gasteiger partial charge is 0.309 e. The molecule has 0 bridgehead atoms. The minimum absolute atomic E-state index is 0.0326.